The van der Waals surface area contributed by atoms with Crippen LogP contribution in [0.2, 0.25) is 0 Å². The van der Waals surface area contributed by atoms with Crippen LogP contribution in [-0.4, -0.2) is 43.6 Å². The molecule has 134 valence electrons. The Morgan fingerprint density at radius 1 is 1.04 bits per heavy atom. The molecule has 2 atom stereocenters. The number of nitrogens with two attached hydrogens (primary N) is 4. The van der Waals surface area contributed by atoms with Crippen molar-refractivity contribution in [3.8, 4) is 0 Å². The van der Waals surface area contributed by atoms with Crippen LogP contribution in [0.1, 0.15) is 12.8 Å². The van der Waals surface area contributed by atoms with E-state index in [1.165, 1.54) is 0 Å². The van der Waals surface area contributed by atoms with Crippen LogP contribution in [0.4, 0.5) is 4.79 Å². The zero-order chi connectivity index (χ0) is 17.7. The molecule has 1 aliphatic rings. The van der Waals surface area contributed by atoms with Gasteiger partial charge in [-0.25, -0.2) is 9.88 Å². The van der Waals surface area contributed by atoms with Crippen LogP contribution in [0.5, 0.6) is 0 Å². The zero-order valence-corrected chi connectivity index (χ0v) is 14.0. The van der Waals surface area contributed by atoms with E-state index in [0.717, 1.165) is 0 Å². The molecule has 1 saturated heterocycles. The summed E-state index contributed by atoms with van der Waals surface area (Å²) in [6.07, 6.45) is -1.23. The predicted octanol–water partition coefficient (Wildman–Crippen LogP) is -1.06. The number of rotatable bonds is 7. The second-order valence-electron chi connectivity index (χ2n) is 5.07. The Hall–Kier alpha value is -1.00. The van der Waals surface area contributed by atoms with Gasteiger partial charge in [-0.15, -0.1) is 0 Å². The second kappa shape index (κ2) is 8.20. The van der Waals surface area contributed by atoms with Crippen molar-refractivity contribution in [2.45, 2.75) is 25.0 Å². The maximum atomic E-state index is 11.3. The van der Waals surface area contributed by atoms with E-state index in [1.807, 2.05) is 0 Å². The van der Waals surface area contributed by atoms with Gasteiger partial charge >= 0.3 is 19.7 Å². The third-order valence-electron chi connectivity index (χ3n) is 2.67. The average molecular weight is 373 g/mol. The molecule has 0 aromatic rings. The van der Waals surface area contributed by atoms with Crippen LogP contribution >= 0.6 is 15.0 Å². The number of carbonyl (C=O) groups is 2. The Bertz CT molecular complexity index is 486. The normalized spacial score (nSPS) is 21.7. The van der Waals surface area contributed by atoms with E-state index in [0.29, 0.717) is 12.8 Å². The Balaban J connectivity index is 2.23. The van der Waals surface area contributed by atoms with Gasteiger partial charge in [-0.05, 0) is 12.8 Å². The van der Waals surface area contributed by atoms with Crippen LogP contribution in [-0.2, 0) is 28.1 Å². The topological polar surface area (TPSA) is 212 Å². The van der Waals surface area contributed by atoms with Crippen molar-refractivity contribution < 1.29 is 32.9 Å². The van der Waals surface area contributed by atoms with Crippen LogP contribution < -0.4 is 27.1 Å². The van der Waals surface area contributed by atoms with Gasteiger partial charge in [-0.2, -0.15) is 0 Å². The fraction of sp³-hybridized carbons (Fsp3) is 0.778. The van der Waals surface area contributed by atoms with Crippen molar-refractivity contribution in [1.82, 2.24) is 5.09 Å². The first-order valence-electron chi connectivity index (χ1n) is 6.54. The fourth-order valence-electron chi connectivity index (χ4n) is 1.80. The van der Waals surface area contributed by atoms with Crippen molar-refractivity contribution in [1.29, 1.82) is 0 Å². The molecule has 0 radical (unpaired) electrons. The first kappa shape index (κ1) is 20.0. The molecule has 1 aliphatic heterocycles. The van der Waals surface area contributed by atoms with Gasteiger partial charge in [-0.3, -0.25) is 35.9 Å². The quantitative estimate of drug-likeness (QED) is 0.268. The largest absolute Gasteiger partial charge is 0.462 e. The molecule has 0 aromatic carbocycles. The molecule has 0 spiro atoms. The van der Waals surface area contributed by atoms with Crippen LogP contribution in [0.25, 0.3) is 0 Å². The standard InChI is InChI=1S/C9H21N5O7P2/c10-22(11,17)5-8(15)19-3-6-1-2-7(21-6)4-20-9(16)14-23(12,13)18/h6-7H,1-5H2,(H4,10,11,17)(H5,12,13,14,16,18)/t6-,7+/m1/s1. The molecule has 0 bridgehead atoms. The molecule has 1 amide bonds. The molecular formula is C9H21N5O7P2. The van der Waals surface area contributed by atoms with E-state index < -0.39 is 39.4 Å². The third-order valence-corrected chi connectivity index (χ3v) is 3.95. The number of esters is 1. The molecule has 14 heteroatoms. The summed E-state index contributed by atoms with van der Waals surface area (Å²) in [6, 6.07) is 0. The van der Waals surface area contributed by atoms with Crippen LogP contribution in [0.15, 0.2) is 0 Å². The highest BCUT2D eigenvalue weighted by atomic mass is 31.2. The summed E-state index contributed by atoms with van der Waals surface area (Å²) >= 11 is 0. The SMILES string of the molecule is NP(N)(=O)CC(=O)OC[C@H]1CC[C@@H](COC(=O)NP(N)(N)=O)O1. The lowest BCUT2D eigenvalue weighted by atomic mass is 10.2. The van der Waals surface area contributed by atoms with Gasteiger partial charge in [-0.1, -0.05) is 0 Å². The monoisotopic (exact) mass is 373 g/mol. The molecule has 9 N–H and O–H groups in total. The predicted molar refractivity (Wildman–Crippen MR) is 80.2 cm³/mol. The highest BCUT2D eigenvalue weighted by molar-refractivity contribution is 7.59. The first-order valence-corrected chi connectivity index (χ1v) is 10.4. The third kappa shape index (κ3) is 9.67. The first-order chi connectivity index (χ1) is 10.4. The molecule has 1 fully saturated rings. The van der Waals surface area contributed by atoms with E-state index in [-0.39, 0.29) is 19.3 Å². The summed E-state index contributed by atoms with van der Waals surface area (Å²) in [6.45, 7) is -0.153. The van der Waals surface area contributed by atoms with Gasteiger partial charge in [0.05, 0.1) is 12.2 Å². The Labute approximate surface area is 132 Å². The number of amides is 1. The minimum absolute atomic E-state index is 0.0532. The molecule has 1 heterocycles. The summed E-state index contributed by atoms with van der Waals surface area (Å²) in [5.41, 5.74) is 20.0. The zero-order valence-electron chi connectivity index (χ0n) is 12.3. The number of nitrogens with one attached hydrogen (secondary N) is 1. The number of hydrogen-bond acceptors (Lipinski definition) is 7. The molecule has 0 aliphatic carbocycles. The van der Waals surface area contributed by atoms with Crippen LogP contribution in [0.3, 0.4) is 0 Å². The molecule has 0 saturated carbocycles. The summed E-state index contributed by atoms with van der Waals surface area (Å²) < 4.78 is 37.1. The van der Waals surface area contributed by atoms with E-state index in [2.05, 4.69) is 0 Å². The van der Waals surface area contributed by atoms with E-state index in [9.17, 15) is 18.7 Å². The maximum Gasteiger partial charge on any atom is 0.414 e. The Morgan fingerprint density at radius 2 is 1.57 bits per heavy atom. The smallest absolute Gasteiger partial charge is 0.414 e. The Morgan fingerprint density at radius 3 is 2.04 bits per heavy atom. The van der Waals surface area contributed by atoms with Gasteiger partial charge in [0.2, 0.25) is 7.44 Å². The van der Waals surface area contributed by atoms with Gasteiger partial charge in [0.1, 0.15) is 19.4 Å². The summed E-state index contributed by atoms with van der Waals surface area (Å²) in [7, 11) is -7.16. The summed E-state index contributed by atoms with van der Waals surface area (Å²) in [5, 5.41) is 1.79. The van der Waals surface area contributed by atoms with Gasteiger partial charge in [0.25, 0.3) is 0 Å². The minimum Gasteiger partial charge on any atom is -0.462 e. The molecule has 12 nitrogen and oxygen atoms in total. The van der Waals surface area contributed by atoms with Crippen molar-refractivity contribution in [2.75, 3.05) is 19.4 Å². The fourth-order valence-corrected chi connectivity index (χ4v) is 2.65. The Kier molecular flexibility index (Phi) is 7.15. The lowest BCUT2D eigenvalue weighted by molar-refractivity contribution is -0.144. The van der Waals surface area contributed by atoms with Gasteiger partial charge in [0, 0.05) is 0 Å². The van der Waals surface area contributed by atoms with Crippen molar-refractivity contribution >= 4 is 27.1 Å². The van der Waals surface area contributed by atoms with E-state index in [1.54, 1.807) is 5.09 Å². The summed E-state index contributed by atoms with van der Waals surface area (Å²) in [5.74, 6) is -0.775. The summed E-state index contributed by atoms with van der Waals surface area (Å²) in [4.78, 5) is 22.5. The maximum absolute atomic E-state index is 11.3. The van der Waals surface area contributed by atoms with Gasteiger partial charge < -0.3 is 14.2 Å². The van der Waals surface area contributed by atoms with Gasteiger partial charge in [0.15, 0.2) is 0 Å². The highest BCUT2D eigenvalue weighted by Gasteiger charge is 2.28. The molecule has 1 rings (SSSR count). The van der Waals surface area contributed by atoms with Crippen molar-refractivity contribution in [3.63, 3.8) is 0 Å². The number of ether oxygens (including phenoxy) is 3. The molecule has 0 aromatic heterocycles. The minimum atomic E-state index is -3.70. The molecule has 0 unspecified atom stereocenters. The second-order valence-corrected chi connectivity index (χ2v) is 8.74. The highest BCUT2D eigenvalue weighted by Crippen LogP contribution is 2.25. The van der Waals surface area contributed by atoms with Crippen molar-refractivity contribution in [3.05, 3.63) is 0 Å². The lowest BCUT2D eigenvalue weighted by Crippen LogP contribution is -2.31. The lowest BCUT2D eigenvalue weighted by Gasteiger charge is -2.15. The molecular weight excluding hydrogens is 352 g/mol. The van der Waals surface area contributed by atoms with E-state index >= 15 is 0 Å². The van der Waals surface area contributed by atoms with Crippen molar-refractivity contribution in [2.24, 2.45) is 22.0 Å². The average Bonchev–Trinajstić information content (AvgIpc) is 2.77. The van der Waals surface area contributed by atoms with E-state index in [4.69, 9.17) is 36.2 Å². The number of carbonyl (C=O) groups excluding carboxylic acids is 2. The number of hydrogen-bond donors (Lipinski definition) is 5. The van der Waals surface area contributed by atoms with Crippen LogP contribution in [0, 0.1) is 0 Å². The molecule has 23 heavy (non-hydrogen) atoms.